The lowest BCUT2D eigenvalue weighted by Crippen LogP contribution is -2.63. The Kier molecular flexibility index (Phi) is 3.47. The Bertz CT molecular complexity index is 671. The smallest absolute Gasteiger partial charge is 0.269 e. The van der Waals surface area contributed by atoms with Gasteiger partial charge in [-0.1, -0.05) is 0 Å². The number of benzene rings is 1. The standard InChI is InChI=1S/C11H11N3O5S/c12-6-5-11(15)7-13(8-11)20(18,19)10-3-1-9(2-4-10)14(16)17/h1-4,15H,5,7-8H2. The van der Waals surface area contributed by atoms with Crippen molar-refractivity contribution in [1.82, 2.24) is 4.31 Å². The number of aliphatic hydroxyl groups is 1. The zero-order valence-electron chi connectivity index (χ0n) is 10.3. The number of nitrogens with zero attached hydrogens (tertiary/aromatic N) is 3. The number of rotatable bonds is 4. The van der Waals surface area contributed by atoms with Crippen LogP contribution in [0.3, 0.4) is 0 Å². The Balaban J connectivity index is 2.17. The topological polar surface area (TPSA) is 125 Å². The van der Waals surface area contributed by atoms with Gasteiger partial charge in [0.05, 0.1) is 22.3 Å². The number of nitro benzene ring substituents is 1. The Morgan fingerprint density at radius 1 is 1.40 bits per heavy atom. The molecule has 0 spiro atoms. The third-order valence-corrected chi connectivity index (χ3v) is 4.84. The van der Waals surface area contributed by atoms with Crippen LogP contribution in [0, 0.1) is 21.4 Å². The molecule has 0 saturated carbocycles. The van der Waals surface area contributed by atoms with Gasteiger partial charge in [-0.2, -0.15) is 9.57 Å². The highest BCUT2D eigenvalue weighted by molar-refractivity contribution is 7.89. The second-order valence-corrected chi connectivity index (χ2v) is 6.52. The lowest BCUT2D eigenvalue weighted by molar-refractivity contribution is -0.384. The van der Waals surface area contributed by atoms with E-state index in [1.165, 1.54) is 0 Å². The molecule has 8 nitrogen and oxygen atoms in total. The van der Waals surface area contributed by atoms with E-state index in [9.17, 15) is 23.6 Å². The van der Waals surface area contributed by atoms with Crippen LogP contribution in [0.5, 0.6) is 0 Å². The van der Waals surface area contributed by atoms with Gasteiger partial charge in [0, 0.05) is 25.2 Å². The molecule has 1 heterocycles. The molecule has 0 aliphatic carbocycles. The molecule has 0 bridgehead atoms. The summed E-state index contributed by atoms with van der Waals surface area (Å²) in [5, 5.41) is 28.8. The number of β-amino-alcohol motifs (C(OH)–C–C–N with tert-alkyl or cyclic N) is 1. The molecule has 2 rings (SSSR count). The zero-order chi connectivity index (χ0) is 15.0. The summed E-state index contributed by atoms with van der Waals surface area (Å²) in [6, 6.07) is 6.30. The second kappa shape index (κ2) is 4.82. The molecule has 1 saturated heterocycles. The molecule has 0 amide bonds. The van der Waals surface area contributed by atoms with Gasteiger partial charge in [-0.3, -0.25) is 10.1 Å². The number of non-ortho nitro benzene ring substituents is 1. The molecular weight excluding hydrogens is 286 g/mol. The summed E-state index contributed by atoms with van der Waals surface area (Å²) in [6.07, 6.45) is -0.140. The molecule has 1 fully saturated rings. The van der Waals surface area contributed by atoms with Crippen LogP contribution in [-0.2, 0) is 10.0 Å². The van der Waals surface area contributed by atoms with Gasteiger partial charge >= 0.3 is 0 Å². The molecular formula is C11H11N3O5S. The molecule has 20 heavy (non-hydrogen) atoms. The zero-order valence-corrected chi connectivity index (χ0v) is 11.1. The van der Waals surface area contributed by atoms with Crippen molar-refractivity contribution in [2.45, 2.75) is 16.9 Å². The van der Waals surface area contributed by atoms with Gasteiger partial charge in [0.25, 0.3) is 5.69 Å². The Morgan fingerprint density at radius 2 is 1.95 bits per heavy atom. The van der Waals surface area contributed by atoms with Gasteiger partial charge in [-0.25, -0.2) is 8.42 Å². The fourth-order valence-electron chi connectivity index (χ4n) is 1.93. The third-order valence-electron chi connectivity index (χ3n) is 3.03. The minimum Gasteiger partial charge on any atom is -0.386 e. The molecule has 1 aromatic carbocycles. The highest BCUT2D eigenvalue weighted by atomic mass is 32.2. The Hall–Kier alpha value is -2.02. The summed E-state index contributed by atoms with van der Waals surface area (Å²) >= 11 is 0. The van der Waals surface area contributed by atoms with E-state index in [1.807, 2.05) is 0 Å². The van der Waals surface area contributed by atoms with E-state index in [0.717, 1.165) is 28.6 Å². The van der Waals surface area contributed by atoms with E-state index in [-0.39, 0.29) is 30.1 Å². The minimum absolute atomic E-state index is 0.0814. The van der Waals surface area contributed by atoms with Crippen LogP contribution >= 0.6 is 0 Å². The van der Waals surface area contributed by atoms with E-state index >= 15 is 0 Å². The summed E-state index contributed by atoms with van der Waals surface area (Å²) in [5.41, 5.74) is -1.50. The summed E-state index contributed by atoms with van der Waals surface area (Å²) in [6.45, 7) is -0.306. The average molecular weight is 297 g/mol. The quantitative estimate of drug-likeness (QED) is 0.627. The van der Waals surface area contributed by atoms with Crippen LogP contribution in [0.15, 0.2) is 29.2 Å². The molecule has 0 unspecified atom stereocenters. The van der Waals surface area contributed by atoms with Crippen molar-refractivity contribution >= 4 is 15.7 Å². The van der Waals surface area contributed by atoms with Crippen LogP contribution < -0.4 is 0 Å². The van der Waals surface area contributed by atoms with E-state index < -0.39 is 20.5 Å². The van der Waals surface area contributed by atoms with Crippen molar-refractivity contribution in [3.63, 3.8) is 0 Å². The van der Waals surface area contributed by atoms with Crippen molar-refractivity contribution in [2.24, 2.45) is 0 Å². The molecule has 1 N–H and O–H groups in total. The minimum atomic E-state index is -3.79. The largest absolute Gasteiger partial charge is 0.386 e. The van der Waals surface area contributed by atoms with Crippen molar-refractivity contribution in [3.05, 3.63) is 34.4 Å². The van der Waals surface area contributed by atoms with E-state index in [0.29, 0.717) is 0 Å². The van der Waals surface area contributed by atoms with E-state index in [1.54, 1.807) is 6.07 Å². The molecule has 0 atom stereocenters. The van der Waals surface area contributed by atoms with Gasteiger partial charge in [0.15, 0.2) is 0 Å². The number of nitro groups is 1. The van der Waals surface area contributed by atoms with E-state index in [4.69, 9.17) is 5.26 Å². The number of hydrogen-bond donors (Lipinski definition) is 1. The summed E-state index contributed by atoms with van der Waals surface area (Å²) in [5.74, 6) is 0. The Morgan fingerprint density at radius 3 is 2.40 bits per heavy atom. The average Bonchev–Trinajstić information content (AvgIpc) is 2.36. The van der Waals surface area contributed by atoms with Crippen LogP contribution in [0.1, 0.15) is 6.42 Å². The van der Waals surface area contributed by atoms with Gasteiger partial charge < -0.3 is 5.11 Å². The van der Waals surface area contributed by atoms with Crippen molar-refractivity contribution in [2.75, 3.05) is 13.1 Å². The molecule has 1 aliphatic heterocycles. The number of sulfonamides is 1. The molecule has 0 radical (unpaired) electrons. The molecule has 1 aromatic rings. The lowest BCUT2D eigenvalue weighted by atomic mass is 9.94. The maximum atomic E-state index is 12.1. The Labute approximate surface area is 115 Å². The SMILES string of the molecule is N#CCC1(O)CN(S(=O)(=O)c2ccc([N+](=O)[O-])cc2)C1. The maximum Gasteiger partial charge on any atom is 0.269 e. The van der Waals surface area contributed by atoms with Gasteiger partial charge in [-0.05, 0) is 12.1 Å². The summed E-state index contributed by atoms with van der Waals surface area (Å²) in [7, 11) is -3.79. The van der Waals surface area contributed by atoms with Crippen LogP contribution in [0.2, 0.25) is 0 Å². The fraction of sp³-hybridized carbons (Fsp3) is 0.364. The van der Waals surface area contributed by atoms with Crippen LogP contribution in [0.25, 0.3) is 0 Å². The summed E-state index contributed by atoms with van der Waals surface area (Å²) < 4.78 is 25.3. The molecule has 0 aromatic heterocycles. The molecule has 1 aliphatic rings. The number of hydrogen-bond acceptors (Lipinski definition) is 6. The monoisotopic (exact) mass is 297 g/mol. The normalized spacial score (nSPS) is 18.0. The predicted molar refractivity (Wildman–Crippen MR) is 67.0 cm³/mol. The van der Waals surface area contributed by atoms with Crippen LogP contribution in [0.4, 0.5) is 5.69 Å². The van der Waals surface area contributed by atoms with Crippen molar-refractivity contribution in [1.29, 1.82) is 5.26 Å². The highest BCUT2D eigenvalue weighted by Gasteiger charge is 2.47. The summed E-state index contributed by atoms with van der Waals surface area (Å²) in [4.78, 5) is 9.80. The van der Waals surface area contributed by atoms with Gasteiger partial charge in [-0.15, -0.1) is 0 Å². The van der Waals surface area contributed by atoms with E-state index in [2.05, 4.69) is 0 Å². The molecule has 106 valence electrons. The van der Waals surface area contributed by atoms with Gasteiger partial charge in [0.2, 0.25) is 10.0 Å². The van der Waals surface area contributed by atoms with Gasteiger partial charge in [0.1, 0.15) is 5.60 Å². The first-order valence-corrected chi connectivity index (χ1v) is 7.06. The first kappa shape index (κ1) is 14.4. The second-order valence-electron chi connectivity index (χ2n) is 4.58. The predicted octanol–water partition coefficient (Wildman–Crippen LogP) is 0.244. The first-order chi connectivity index (χ1) is 9.28. The lowest BCUT2D eigenvalue weighted by Gasteiger charge is -2.43. The number of nitriles is 1. The third kappa shape index (κ3) is 2.49. The first-order valence-electron chi connectivity index (χ1n) is 5.62. The molecule has 9 heteroatoms. The van der Waals surface area contributed by atoms with Crippen molar-refractivity contribution in [3.8, 4) is 6.07 Å². The maximum absolute atomic E-state index is 12.1. The fourth-order valence-corrected chi connectivity index (χ4v) is 3.53. The van der Waals surface area contributed by atoms with Crippen LogP contribution in [-0.4, -0.2) is 41.4 Å². The van der Waals surface area contributed by atoms with Crippen molar-refractivity contribution < 1.29 is 18.4 Å². The highest BCUT2D eigenvalue weighted by Crippen LogP contribution is 2.30.